The summed E-state index contributed by atoms with van der Waals surface area (Å²) in [5.41, 5.74) is 0.00422. The van der Waals surface area contributed by atoms with Gasteiger partial charge >= 0.3 is 6.18 Å². The molecule has 0 bridgehead atoms. The molecule has 1 atom stereocenters. The lowest BCUT2D eigenvalue weighted by atomic mass is 9.84. The van der Waals surface area contributed by atoms with Crippen LogP contribution in [-0.2, 0) is 21.0 Å². The molecule has 5 nitrogen and oxygen atoms in total. The molecule has 1 amide bonds. The molecular weight excluding hydrogens is 484 g/mol. The van der Waals surface area contributed by atoms with Crippen molar-refractivity contribution in [1.82, 2.24) is 9.62 Å². The molecule has 35 heavy (non-hydrogen) atoms. The van der Waals surface area contributed by atoms with Crippen LogP contribution in [0.2, 0.25) is 0 Å². The predicted octanol–water partition coefficient (Wildman–Crippen LogP) is 5.44. The summed E-state index contributed by atoms with van der Waals surface area (Å²) in [5.74, 6) is -0.495. The summed E-state index contributed by atoms with van der Waals surface area (Å²) < 4.78 is 79.5. The minimum Gasteiger partial charge on any atom is -0.335 e. The fourth-order valence-corrected chi connectivity index (χ4v) is 6.34. The molecule has 1 heterocycles. The monoisotopic (exact) mass is 512 g/mol. The molecule has 10 heteroatoms. The zero-order valence-corrected chi connectivity index (χ0v) is 19.9. The topological polar surface area (TPSA) is 66.5 Å². The van der Waals surface area contributed by atoms with E-state index in [2.05, 4.69) is 4.72 Å². The van der Waals surface area contributed by atoms with E-state index >= 15 is 0 Å². The van der Waals surface area contributed by atoms with Crippen LogP contribution in [0.3, 0.4) is 0 Å². The molecule has 1 saturated heterocycles. The van der Waals surface area contributed by atoms with Crippen molar-refractivity contribution in [1.29, 1.82) is 0 Å². The first-order valence-electron chi connectivity index (χ1n) is 11.8. The summed E-state index contributed by atoms with van der Waals surface area (Å²) in [4.78, 5) is 15.0. The number of likely N-dealkylation sites (tertiary alicyclic amines) is 1. The van der Waals surface area contributed by atoms with Crippen LogP contribution >= 0.6 is 0 Å². The third-order valence-electron chi connectivity index (χ3n) is 6.93. The minimum absolute atomic E-state index is 0.0445. The standard InChI is InChI=1S/C25H28F4N2O3S/c26-20-10-4-17(5-11-20)23-3-1-2-16-31(23)24(32)18-6-12-21(13-7-18)30-35(33,34)22-14-8-19(9-15-22)25(27,28)29/h4-5,8-11,14-15,18,21,23,30H,1-3,6-7,12-13,16H2/t18?,21?,23-/m1/s1. The summed E-state index contributed by atoms with van der Waals surface area (Å²) in [5, 5.41) is 0. The number of sulfonamides is 1. The Morgan fingerprint density at radius 1 is 0.886 bits per heavy atom. The van der Waals surface area contributed by atoms with Crippen LogP contribution in [0.1, 0.15) is 62.1 Å². The fraction of sp³-hybridized carbons (Fsp3) is 0.480. The largest absolute Gasteiger partial charge is 0.416 e. The third-order valence-corrected chi connectivity index (χ3v) is 8.47. The molecule has 2 aliphatic rings. The van der Waals surface area contributed by atoms with Gasteiger partial charge in [0, 0.05) is 18.5 Å². The SMILES string of the molecule is O=C(C1CCC(NS(=O)(=O)c2ccc(C(F)(F)F)cc2)CC1)N1CCCC[C@@H]1c1ccc(F)cc1. The van der Waals surface area contributed by atoms with Crippen molar-refractivity contribution in [2.24, 2.45) is 5.92 Å². The Kier molecular flexibility index (Phi) is 7.51. The first-order valence-corrected chi connectivity index (χ1v) is 13.3. The predicted molar refractivity (Wildman–Crippen MR) is 122 cm³/mol. The Morgan fingerprint density at radius 3 is 2.11 bits per heavy atom. The number of alkyl halides is 3. The molecule has 1 aliphatic carbocycles. The lowest BCUT2D eigenvalue weighted by molar-refractivity contribution is -0.140. The summed E-state index contributed by atoms with van der Waals surface area (Å²) in [6.07, 6.45) is 0.147. The molecule has 190 valence electrons. The molecule has 0 unspecified atom stereocenters. The van der Waals surface area contributed by atoms with Gasteiger partial charge in [-0.3, -0.25) is 4.79 Å². The Labute approximate surface area is 202 Å². The van der Waals surface area contributed by atoms with Crippen molar-refractivity contribution in [2.75, 3.05) is 6.54 Å². The van der Waals surface area contributed by atoms with E-state index < -0.39 is 21.8 Å². The smallest absolute Gasteiger partial charge is 0.335 e. The van der Waals surface area contributed by atoms with Crippen LogP contribution in [0.5, 0.6) is 0 Å². The maximum absolute atomic E-state index is 13.4. The van der Waals surface area contributed by atoms with Crippen molar-refractivity contribution in [3.63, 3.8) is 0 Å². The van der Waals surface area contributed by atoms with E-state index in [0.717, 1.165) is 49.1 Å². The summed E-state index contributed by atoms with van der Waals surface area (Å²) >= 11 is 0. The van der Waals surface area contributed by atoms with Gasteiger partial charge in [-0.15, -0.1) is 0 Å². The lowest BCUT2D eigenvalue weighted by Gasteiger charge is -2.39. The van der Waals surface area contributed by atoms with E-state index in [1.807, 2.05) is 4.90 Å². The van der Waals surface area contributed by atoms with E-state index in [4.69, 9.17) is 0 Å². The number of piperidine rings is 1. The van der Waals surface area contributed by atoms with E-state index in [-0.39, 0.29) is 34.6 Å². The first-order chi connectivity index (χ1) is 16.5. The van der Waals surface area contributed by atoms with Gasteiger partial charge in [-0.25, -0.2) is 17.5 Å². The van der Waals surface area contributed by atoms with Crippen molar-refractivity contribution in [3.8, 4) is 0 Å². The second-order valence-electron chi connectivity index (χ2n) is 9.29. The van der Waals surface area contributed by atoms with Crippen molar-refractivity contribution < 1.29 is 30.8 Å². The van der Waals surface area contributed by atoms with E-state index in [1.54, 1.807) is 12.1 Å². The number of halogens is 4. The molecule has 1 aliphatic heterocycles. The van der Waals surface area contributed by atoms with Crippen LogP contribution in [0, 0.1) is 11.7 Å². The van der Waals surface area contributed by atoms with Gasteiger partial charge in [0.1, 0.15) is 5.82 Å². The van der Waals surface area contributed by atoms with Gasteiger partial charge in [-0.1, -0.05) is 12.1 Å². The number of hydrogen-bond donors (Lipinski definition) is 1. The average molecular weight is 513 g/mol. The molecule has 2 fully saturated rings. The molecule has 1 saturated carbocycles. The lowest BCUT2D eigenvalue weighted by Crippen LogP contribution is -2.45. The molecule has 1 N–H and O–H groups in total. The highest BCUT2D eigenvalue weighted by molar-refractivity contribution is 7.89. The van der Waals surface area contributed by atoms with Gasteiger partial charge < -0.3 is 4.90 Å². The fourth-order valence-electron chi connectivity index (χ4n) is 5.03. The van der Waals surface area contributed by atoms with Gasteiger partial charge in [0.25, 0.3) is 0 Å². The highest BCUT2D eigenvalue weighted by Crippen LogP contribution is 2.35. The molecule has 0 radical (unpaired) electrons. The van der Waals surface area contributed by atoms with Crippen LogP contribution in [0.4, 0.5) is 17.6 Å². The van der Waals surface area contributed by atoms with Crippen LogP contribution in [-0.4, -0.2) is 31.8 Å². The molecular formula is C25H28F4N2O3S. The van der Waals surface area contributed by atoms with Gasteiger partial charge in [0.15, 0.2) is 0 Å². The number of nitrogens with one attached hydrogen (secondary N) is 1. The Hall–Kier alpha value is -2.46. The van der Waals surface area contributed by atoms with Gasteiger partial charge in [-0.2, -0.15) is 13.2 Å². The van der Waals surface area contributed by atoms with Crippen molar-refractivity contribution >= 4 is 15.9 Å². The Bertz CT molecular complexity index is 1130. The zero-order chi connectivity index (χ0) is 25.2. The van der Waals surface area contributed by atoms with Gasteiger partial charge in [0.2, 0.25) is 15.9 Å². The van der Waals surface area contributed by atoms with E-state index in [1.165, 1.54) is 12.1 Å². The van der Waals surface area contributed by atoms with Gasteiger partial charge in [-0.05, 0) is 86.9 Å². The molecule has 4 rings (SSSR count). The molecule has 2 aromatic carbocycles. The van der Waals surface area contributed by atoms with Crippen LogP contribution in [0.25, 0.3) is 0 Å². The number of rotatable bonds is 5. The normalized spacial score (nSPS) is 23.8. The average Bonchev–Trinajstić information content (AvgIpc) is 2.84. The number of hydrogen-bond acceptors (Lipinski definition) is 3. The molecule has 0 spiro atoms. The number of carbonyl (C=O) groups excluding carboxylic acids is 1. The second-order valence-corrected chi connectivity index (χ2v) is 11.0. The Balaban J connectivity index is 1.36. The number of amides is 1. The summed E-state index contributed by atoms with van der Waals surface area (Å²) in [6, 6.07) is 9.17. The highest BCUT2D eigenvalue weighted by atomic mass is 32.2. The number of benzene rings is 2. The maximum atomic E-state index is 13.4. The maximum Gasteiger partial charge on any atom is 0.416 e. The molecule has 0 aromatic heterocycles. The highest BCUT2D eigenvalue weighted by Gasteiger charge is 2.36. The quantitative estimate of drug-likeness (QED) is 0.543. The third kappa shape index (κ3) is 6.03. The summed E-state index contributed by atoms with van der Waals surface area (Å²) in [7, 11) is -3.97. The molecule has 2 aromatic rings. The first kappa shape index (κ1) is 25.6. The summed E-state index contributed by atoms with van der Waals surface area (Å²) in [6.45, 7) is 0.640. The van der Waals surface area contributed by atoms with Crippen molar-refractivity contribution in [2.45, 2.75) is 68.1 Å². The van der Waals surface area contributed by atoms with Crippen LogP contribution in [0.15, 0.2) is 53.4 Å². The number of carbonyl (C=O) groups is 1. The van der Waals surface area contributed by atoms with Gasteiger partial charge in [0.05, 0.1) is 16.5 Å². The Morgan fingerprint density at radius 2 is 1.51 bits per heavy atom. The minimum atomic E-state index is -4.54. The van der Waals surface area contributed by atoms with Crippen LogP contribution < -0.4 is 4.72 Å². The zero-order valence-electron chi connectivity index (χ0n) is 19.1. The van der Waals surface area contributed by atoms with E-state index in [0.29, 0.717) is 32.2 Å². The van der Waals surface area contributed by atoms with Crippen molar-refractivity contribution in [3.05, 3.63) is 65.5 Å². The second kappa shape index (κ2) is 10.3. The number of nitrogens with zero attached hydrogens (tertiary/aromatic N) is 1. The van der Waals surface area contributed by atoms with E-state index in [9.17, 15) is 30.8 Å².